The van der Waals surface area contributed by atoms with Crippen molar-refractivity contribution in [1.82, 2.24) is 9.55 Å². The number of aromatic nitrogens is 2. The van der Waals surface area contributed by atoms with Crippen LogP contribution >= 0.6 is 0 Å². The van der Waals surface area contributed by atoms with Crippen molar-refractivity contribution in [2.24, 2.45) is 0 Å². The van der Waals surface area contributed by atoms with E-state index in [1.165, 1.54) is 22.9 Å². The predicted octanol–water partition coefficient (Wildman–Crippen LogP) is 1.84. The molecular weight excluding hydrogens is 330 g/mol. The molecule has 0 saturated carbocycles. The number of nitrogens with zero attached hydrogens (tertiary/aromatic N) is 2. The summed E-state index contributed by atoms with van der Waals surface area (Å²) in [6, 6.07) is 1.41. The van der Waals surface area contributed by atoms with Crippen LogP contribution in [0.4, 0.5) is 5.82 Å². The molecule has 0 spiro atoms. The Kier molecular flexibility index (Phi) is 4.77. The average molecular weight is 356 g/mol. The maximum Gasteiger partial charge on any atom is 0.352 e. The van der Waals surface area contributed by atoms with Gasteiger partial charge in [-0.25, -0.2) is 4.79 Å². The molecule has 0 fully saturated rings. The molecule has 0 aromatic carbocycles. The van der Waals surface area contributed by atoms with Crippen LogP contribution in [0, 0.1) is 0 Å². The minimum absolute atomic E-state index is 0.00909. The summed E-state index contributed by atoms with van der Waals surface area (Å²) in [5.74, 6) is 0.0415. The highest BCUT2D eigenvalue weighted by molar-refractivity contribution is 6.74. The molecule has 2 rings (SSSR count). The maximum atomic E-state index is 12.2. The molecule has 1 unspecified atom stereocenters. The molecule has 8 nitrogen and oxygen atoms in total. The Hall–Kier alpha value is -1.68. The lowest BCUT2D eigenvalue weighted by molar-refractivity contribution is -0.00543. The van der Waals surface area contributed by atoms with Gasteiger partial charge in [0.15, 0.2) is 14.1 Å². The summed E-state index contributed by atoms with van der Waals surface area (Å²) in [5.41, 5.74) is 1.16. The Morgan fingerprint density at radius 2 is 2.21 bits per heavy atom. The summed E-state index contributed by atoms with van der Waals surface area (Å²) < 4.78 is 20.6. The molecule has 0 amide bonds. The first kappa shape index (κ1) is 17.2. The number of anilines is 1. The van der Waals surface area contributed by atoms with Crippen LogP contribution in [-0.2, 0) is 9.16 Å². The largest absolute Gasteiger partial charge is 0.469 e. The van der Waals surface area contributed by atoms with Gasteiger partial charge in [-0.1, -0.05) is 20.8 Å². The van der Waals surface area contributed by atoms with E-state index in [2.05, 4.69) is 38.8 Å². The van der Waals surface area contributed by atoms with Gasteiger partial charge in [-0.2, -0.15) is 4.98 Å². The van der Waals surface area contributed by atoms with Crippen LogP contribution in [-0.4, -0.2) is 40.9 Å². The van der Waals surface area contributed by atoms with Crippen LogP contribution in [0.25, 0.3) is 0 Å². The second kappa shape index (κ2) is 6.67. The first-order valence-electron chi connectivity index (χ1n) is 8.20. The molecule has 0 bridgehead atoms. The highest BCUT2D eigenvalue weighted by atomic mass is 28.4. The molecule has 1 aliphatic rings. The van der Waals surface area contributed by atoms with Gasteiger partial charge in [-0.05, 0) is 30.3 Å². The van der Waals surface area contributed by atoms with E-state index in [4.69, 9.17) is 15.7 Å². The van der Waals surface area contributed by atoms with Gasteiger partial charge in [0.25, 0.3) is 0 Å². The van der Waals surface area contributed by atoms with Crippen LogP contribution < -0.4 is 11.2 Å². The van der Waals surface area contributed by atoms with E-state index in [0.717, 1.165) is 0 Å². The number of hydrogen-bond donors (Lipinski definition) is 3. The predicted molar refractivity (Wildman–Crippen MR) is 91.3 cm³/mol. The average Bonchev–Trinajstić information content (AvgIpc) is 2.89. The zero-order chi connectivity index (χ0) is 19.0. The van der Waals surface area contributed by atoms with Gasteiger partial charge < -0.3 is 14.3 Å². The van der Waals surface area contributed by atoms with Crippen LogP contribution in [0.3, 0.4) is 0 Å². The highest BCUT2D eigenvalue weighted by Crippen LogP contribution is 2.40. The first-order valence-corrected chi connectivity index (χ1v) is 10.5. The number of aliphatic hydroxyl groups is 1. The second-order valence-corrected chi connectivity index (χ2v) is 11.9. The standard InChI is InChI=1S/C15H25N3O5Si/c1-15(2,3)24(4,5)23-11-8-10(9-19)22-13(11)18-7-6-12(17-21)16-14(18)20/h6-8,11,13,19,21H,9H2,1-5H3,(H,16,17,20)/t11-,13-/m1/s1/i9D/t9?,11-,13-. The monoisotopic (exact) mass is 356 g/mol. The topological polar surface area (TPSA) is 106 Å². The normalized spacial score (nSPS) is 23.3. The molecule has 0 saturated heterocycles. The van der Waals surface area contributed by atoms with Crippen molar-refractivity contribution >= 4 is 14.1 Å². The zero-order valence-electron chi connectivity index (χ0n) is 15.5. The molecule has 1 aromatic rings. The Bertz CT molecular complexity index is 714. The molecule has 0 radical (unpaired) electrons. The Morgan fingerprint density at radius 3 is 2.71 bits per heavy atom. The van der Waals surface area contributed by atoms with Crippen molar-refractivity contribution in [3.8, 4) is 0 Å². The molecule has 1 aliphatic heterocycles. The van der Waals surface area contributed by atoms with Crippen LogP contribution in [0.2, 0.25) is 18.1 Å². The molecule has 1 aromatic heterocycles. The van der Waals surface area contributed by atoms with Gasteiger partial charge in [0.05, 0.1) is 1.37 Å². The minimum Gasteiger partial charge on any atom is -0.469 e. The van der Waals surface area contributed by atoms with E-state index < -0.39 is 32.9 Å². The maximum absolute atomic E-state index is 12.2. The first-order chi connectivity index (χ1) is 11.5. The van der Waals surface area contributed by atoms with Crippen LogP contribution in [0.1, 0.15) is 28.4 Å². The van der Waals surface area contributed by atoms with E-state index in [-0.39, 0.29) is 16.6 Å². The SMILES string of the molecule is [2H]C(O)C1=C[C@@H](O[Si](C)(C)C(C)(C)C)[C@H](n2ccc(NO)nc2=O)O1. The van der Waals surface area contributed by atoms with E-state index in [1.807, 2.05) is 5.48 Å². The Balaban J connectivity index is 2.38. The third-order valence-electron chi connectivity index (χ3n) is 4.45. The molecule has 2 heterocycles. The zero-order valence-corrected chi connectivity index (χ0v) is 15.5. The summed E-state index contributed by atoms with van der Waals surface area (Å²) in [7, 11) is -2.20. The van der Waals surface area contributed by atoms with Gasteiger partial charge in [0, 0.05) is 6.20 Å². The van der Waals surface area contributed by atoms with Gasteiger partial charge in [0.1, 0.15) is 18.4 Å². The third-order valence-corrected chi connectivity index (χ3v) is 8.92. The number of hydrogen-bond acceptors (Lipinski definition) is 7. The number of aliphatic hydroxyl groups excluding tert-OH is 1. The highest BCUT2D eigenvalue weighted by Gasteiger charge is 2.43. The van der Waals surface area contributed by atoms with Gasteiger partial charge >= 0.3 is 5.69 Å². The minimum atomic E-state index is -2.20. The molecule has 9 heteroatoms. The van der Waals surface area contributed by atoms with E-state index in [0.29, 0.717) is 0 Å². The van der Waals surface area contributed by atoms with Crippen molar-refractivity contribution in [3.05, 3.63) is 34.6 Å². The number of ether oxygens (including phenoxy) is 1. The van der Waals surface area contributed by atoms with Gasteiger partial charge in [-0.3, -0.25) is 15.3 Å². The van der Waals surface area contributed by atoms with Crippen molar-refractivity contribution in [1.29, 1.82) is 0 Å². The summed E-state index contributed by atoms with van der Waals surface area (Å²) in [6.07, 6.45) is 1.43. The fourth-order valence-corrected chi connectivity index (χ4v) is 3.27. The van der Waals surface area contributed by atoms with Crippen LogP contribution in [0.15, 0.2) is 28.9 Å². The second-order valence-electron chi connectivity index (χ2n) is 7.16. The lowest BCUT2D eigenvalue weighted by Gasteiger charge is -2.39. The molecule has 3 atom stereocenters. The van der Waals surface area contributed by atoms with Crippen molar-refractivity contribution in [3.63, 3.8) is 0 Å². The molecule has 3 N–H and O–H groups in total. The van der Waals surface area contributed by atoms with Crippen molar-refractivity contribution < 1.29 is 20.8 Å². The van der Waals surface area contributed by atoms with Crippen molar-refractivity contribution in [2.75, 3.05) is 12.1 Å². The quantitative estimate of drug-likeness (QED) is 0.546. The van der Waals surface area contributed by atoms with Gasteiger partial charge in [-0.15, -0.1) is 0 Å². The molecule has 0 aliphatic carbocycles. The Morgan fingerprint density at radius 1 is 1.54 bits per heavy atom. The van der Waals surface area contributed by atoms with Crippen molar-refractivity contribution in [2.45, 2.75) is 51.2 Å². The van der Waals surface area contributed by atoms with E-state index >= 15 is 0 Å². The summed E-state index contributed by atoms with van der Waals surface area (Å²) in [6.45, 7) is 8.83. The smallest absolute Gasteiger partial charge is 0.352 e. The number of rotatable bonds is 5. The number of nitrogens with one attached hydrogen (secondary N) is 1. The fourth-order valence-electron chi connectivity index (χ4n) is 2.06. The Labute approximate surface area is 143 Å². The molecule has 24 heavy (non-hydrogen) atoms. The summed E-state index contributed by atoms with van der Waals surface area (Å²) in [5, 5.41) is 18.3. The lowest BCUT2D eigenvalue weighted by Crippen LogP contribution is -2.46. The fraction of sp³-hybridized carbons (Fsp3) is 0.600. The molecular formula is C15H25N3O5Si. The third kappa shape index (κ3) is 3.69. The van der Waals surface area contributed by atoms with E-state index in [1.54, 1.807) is 0 Å². The van der Waals surface area contributed by atoms with Gasteiger partial charge in [0.2, 0.25) is 6.23 Å². The molecule has 134 valence electrons. The summed E-state index contributed by atoms with van der Waals surface area (Å²) >= 11 is 0. The van der Waals surface area contributed by atoms with Crippen LogP contribution in [0.5, 0.6) is 0 Å². The lowest BCUT2D eigenvalue weighted by atomic mass is 10.2. The summed E-state index contributed by atoms with van der Waals surface area (Å²) in [4.78, 5) is 15.9. The van der Waals surface area contributed by atoms with E-state index in [9.17, 15) is 9.90 Å².